The molecule has 0 aromatic carbocycles. The molecule has 1 aromatic rings. The Morgan fingerprint density at radius 3 is 2.75 bits per heavy atom. The predicted octanol–water partition coefficient (Wildman–Crippen LogP) is 1.14. The van der Waals surface area contributed by atoms with E-state index in [4.69, 9.17) is 0 Å². The van der Waals surface area contributed by atoms with Crippen LogP contribution in [0.5, 0.6) is 0 Å². The molecule has 0 radical (unpaired) electrons. The van der Waals surface area contributed by atoms with E-state index in [1.54, 1.807) is 4.68 Å². The largest absolute Gasteiger partial charge is 0.357 e. The normalized spacial score (nSPS) is 14.2. The summed E-state index contributed by atoms with van der Waals surface area (Å²) in [5.41, 5.74) is 0. The Bertz CT molecular complexity index is 348. The molecule has 5 heteroatoms. The van der Waals surface area contributed by atoms with Crippen molar-refractivity contribution in [3.63, 3.8) is 0 Å². The second-order valence-electron chi connectivity index (χ2n) is 4.06. The molecule has 0 aliphatic heterocycles. The monoisotopic (exact) mass is 224 g/mol. The van der Waals surface area contributed by atoms with E-state index in [2.05, 4.69) is 15.7 Å². The third-order valence-corrected chi connectivity index (χ3v) is 2.47. The maximum absolute atomic E-state index is 11.7. The van der Waals surface area contributed by atoms with Crippen molar-refractivity contribution in [3.8, 4) is 0 Å². The fourth-order valence-electron chi connectivity index (χ4n) is 1.25. The smallest absolute Gasteiger partial charge is 0.242 e. The highest BCUT2D eigenvalue weighted by molar-refractivity contribution is 5.84. The van der Waals surface area contributed by atoms with Crippen molar-refractivity contribution in [1.29, 1.82) is 0 Å². The van der Waals surface area contributed by atoms with Gasteiger partial charge in [0, 0.05) is 25.4 Å². The first kappa shape index (κ1) is 12.5. The van der Waals surface area contributed by atoms with Crippen molar-refractivity contribution in [2.24, 2.45) is 7.05 Å². The first-order valence-corrected chi connectivity index (χ1v) is 5.59. The van der Waals surface area contributed by atoms with Gasteiger partial charge < -0.3 is 10.6 Å². The zero-order valence-electron chi connectivity index (χ0n) is 10.3. The number of carbonyl (C=O) groups excluding carboxylic acids is 1. The average Bonchev–Trinajstić information content (AvgIpc) is 2.63. The molecule has 16 heavy (non-hydrogen) atoms. The van der Waals surface area contributed by atoms with Gasteiger partial charge in [-0.3, -0.25) is 9.48 Å². The van der Waals surface area contributed by atoms with Crippen molar-refractivity contribution >= 4 is 11.7 Å². The molecule has 0 bridgehead atoms. The van der Waals surface area contributed by atoms with E-state index in [-0.39, 0.29) is 18.0 Å². The van der Waals surface area contributed by atoms with Gasteiger partial charge in [0.15, 0.2) is 0 Å². The van der Waals surface area contributed by atoms with E-state index in [1.807, 2.05) is 40.1 Å². The molecular formula is C11H20N4O. The molecule has 2 N–H and O–H groups in total. The van der Waals surface area contributed by atoms with Crippen molar-refractivity contribution in [2.75, 3.05) is 5.32 Å². The van der Waals surface area contributed by atoms with Gasteiger partial charge in [-0.1, -0.05) is 6.92 Å². The maximum Gasteiger partial charge on any atom is 0.242 e. The van der Waals surface area contributed by atoms with Crippen LogP contribution < -0.4 is 10.6 Å². The van der Waals surface area contributed by atoms with Gasteiger partial charge in [-0.2, -0.15) is 5.10 Å². The highest BCUT2D eigenvalue weighted by Crippen LogP contribution is 2.03. The minimum atomic E-state index is -0.274. The summed E-state index contributed by atoms with van der Waals surface area (Å²) in [7, 11) is 1.84. The number of nitrogens with zero attached hydrogens (tertiary/aromatic N) is 2. The molecule has 0 saturated carbocycles. The fraction of sp³-hybridized carbons (Fsp3) is 0.636. The van der Waals surface area contributed by atoms with Gasteiger partial charge >= 0.3 is 0 Å². The number of hydrogen-bond acceptors (Lipinski definition) is 3. The van der Waals surface area contributed by atoms with E-state index >= 15 is 0 Å². The van der Waals surface area contributed by atoms with Gasteiger partial charge in [-0.05, 0) is 20.3 Å². The summed E-state index contributed by atoms with van der Waals surface area (Å²) in [5, 5.41) is 10.1. The van der Waals surface area contributed by atoms with Crippen molar-refractivity contribution in [2.45, 2.75) is 39.3 Å². The molecule has 1 aromatic heterocycles. The van der Waals surface area contributed by atoms with Gasteiger partial charge in [-0.25, -0.2) is 0 Å². The summed E-state index contributed by atoms with van der Waals surface area (Å²) < 4.78 is 1.70. The number of carbonyl (C=O) groups is 1. The summed E-state index contributed by atoms with van der Waals surface area (Å²) >= 11 is 0. The first-order valence-electron chi connectivity index (χ1n) is 5.59. The minimum absolute atomic E-state index is 0.00000283. The molecule has 2 unspecified atom stereocenters. The lowest BCUT2D eigenvalue weighted by Crippen LogP contribution is -2.41. The Morgan fingerprint density at radius 1 is 1.56 bits per heavy atom. The number of aromatic nitrogens is 2. The molecule has 2 atom stereocenters. The molecular weight excluding hydrogens is 204 g/mol. The molecule has 90 valence electrons. The SMILES string of the molecule is CCC(C)NC(=O)C(C)Nc1ccn(C)n1. The van der Waals surface area contributed by atoms with Crippen molar-refractivity contribution in [1.82, 2.24) is 15.1 Å². The van der Waals surface area contributed by atoms with Gasteiger partial charge in [0.1, 0.15) is 11.9 Å². The number of amides is 1. The van der Waals surface area contributed by atoms with Crippen LogP contribution in [0.4, 0.5) is 5.82 Å². The number of anilines is 1. The standard InChI is InChI=1S/C11H20N4O/c1-5-8(2)12-11(16)9(3)13-10-6-7-15(4)14-10/h6-9H,5H2,1-4H3,(H,12,16)(H,13,14). The van der Waals surface area contributed by atoms with Gasteiger partial charge in [0.05, 0.1) is 0 Å². The first-order chi connectivity index (χ1) is 7.52. The average molecular weight is 224 g/mol. The summed E-state index contributed by atoms with van der Waals surface area (Å²) in [6.45, 7) is 5.86. The molecule has 1 rings (SSSR count). The highest BCUT2D eigenvalue weighted by atomic mass is 16.2. The van der Waals surface area contributed by atoms with Crippen LogP contribution in [0, 0.1) is 0 Å². The van der Waals surface area contributed by atoms with Crippen LogP contribution in [-0.4, -0.2) is 27.8 Å². The third-order valence-electron chi connectivity index (χ3n) is 2.47. The lowest BCUT2D eigenvalue weighted by molar-refractivity contribution is -0.122. The number of nitrogens with one attached hydrogen (secondary N) is 2. The highest BCUT2D eigenvalue weighted by Gasteiger charge is 2.14. The Hall–Kier alpha value is -1.52. The maximum atomic E-state index is 11.7. The second-order valence-corrected chi connectivity index (χ2v) is 4.06. The van der Waals surface area contributed by atoms with E-state index in [0.29, 0.717) is 5.82 Å². The third kappa shape index (κ3) is 3.56. The molecule has 0 spiro atoms. The molecule has 1 amide bonds. The zero-order chi connectivity index (χ0) is 12.1. The van der Waals surface area contributed by atoms with Crippen molar-refractivity contribution in [3.05, 3.63) is 12.3 Å². The van der Waals surface area contributed by atoms with Crippen LogP contribution >= 0.6 is 0 Å². The van der Waals surface area contributed by atoms with Gasteiger partial charge in [0.2, 0.25) is 5.91 Å². The van der Waals surface area contributed by atoms with E-state index < -0.39 is 0 Å². The van der Waals surface area contributed by atoms with Crippen LogP contribution in [0.15, 0.2) is 12.3 Å². The lowest BCUT2D eigenvalue weighted by Gasteiger charge is -2.16. The summed E-state index contributed by atoms with van der Waals surface area (Å²) in [6.07, 6.45) is 2.77. The Labute approximate surface area is 96.2 Å². The summed E-state index contributed by atoms with van der Waals surface area (Å²) in [4.78, 5) is 11.7. The Kier molecular flexibility index (Phi) is 4.34. The summed E-state index contributed by atoms with van der Waals surface area (Å²) in [6, 6.07) is 1.77. The van der Waals surface area contributed by atoms with Crippen LogP contribution in [0.1, 0.15) is 27.2 Å². The fourth-order valence-corrected chi connectivity index (χ4v) is 1.25. The topological polar surface area (TPSA) is 59.0 Å². The zero-order valence-corrected chi connectivity index (χ0v) is 10.3. The quantitative estimate of drug-likeness (QED) is 0.788. The van der Waals surface area contributed by atoms with Crippen LogP contribution in [0.25, 0.3) is 0 Å². The van der Waals surface area contributed by atoms with E-state index in [1.165, 1.54) is 0 Å². The Morgan fingerprint density at radius 2 is 2.25 bits per heavy atom. The lowest BCUT2D eigenvalue weighted by atomic mass is 10.2. The number of aryl methyl sites for hydroxylation is 1. The summed E-state index contributed by atoms with van der Waals surface area (Å²) in [5.74, 6) is 0.717. The molecule has 5 nitrogen and oxygen atoms in total. The number of rotatable bonds is 5. The van der Waals surface area contributed by atoms with Crippen LogP contribution in [0.2, 0.25) is 0 Å². The number of hydrogen-bond donors (Lipinski definition) is 2. The van der Waals surface area contributed by atoms with E-state index in [0.717, 1.165) is 6.42 Å². The van der Waals surface area contributed by atoms with Crippen LogP contribution in [-0.2, 0) is 11.8 Å². The molecule has 0 aliphatic rings. The minimum Gasteiger partial charge on any atom is -0.357 e. The Balaban J connectivity index is 2.45. The molecule has 0 saturated heterocycles. The van der Waals surface area contributed by atoms with E-state index in [9.17, 15) is 4.79 Å². The predicted molar refractivity (Wildman–Crippen MR) is 64.2 cm³/mol. The molecule has 0 aliphatic carbocycles. The van der Waals surface area contributed by atoms with Crippen molar-refractivity contribution < 1.29 is 4.79 Å². The second kappa shape index (κ2) is 5.53. The van der Waals surface area contributed by atoms with Crippen LogP contribution in [0.3, 0.4) is 0 Å². The van der Waals surface area contributed by atoms with Gasteiger partial charge in [0.25, 0.3) is 0 Å². The molecule has 0 fully saturated rings. The van der Waals surface area contributed by atoms with Gasteiger partial charge in [-0.15, -0.1) is 0 Å². The molecule has 1 heterocycles.